The largest absolute Gasteiger partial charge is 0.497 e. The Bertz CT molecular complexity index is 536. The molecule has 0 amide bonds. The normalized spacial score (nSPS) is 17.4. The molecule has 0 bridgehead atoms. The predicted octanol–water partition coefficient (Wildman–Crippen LogP) is 0.808. The van der Waals surface area contributed by atoms with Gasteiger partial charge >= 0.3 is 0 Å². The van der Waals surface area contributed by atoms with Crippen LogP contribution in [0.1, 0.15) is 19.4 Å². The molecule has 1 aliphatic rings. The molecule has 7 nitrogen and oxygen atoms in total. The molecule has 0 atom stereocenters. The summed E-state index contributed by atoms with van der Waals surface area (Å²) < 4.78 is 5.10. The van der Waals surface area contributed by atoms with Crippen LogP contribution in [0.2, 0.25) is 0 Å². The molecule has 0 radical (unpaired) electrons. The number of nitrogens with zero attached hydrogens (tertiary/aromatic N) is 3. The van der Waals surface area contributed by atoms with E-state index in [0.717, 1.165) is 11.3 Å². The molecular formula is C13H19N5O2. The summed E-state index contributed by atoms with van der Waals surface area (Å²) >= 11 is 0. The first-order chi connectivity index (χ1) is 9.42. The molecule has 20 heavy (non-hydrogen) atoms. The van der Waals surface area contributed by atoms with Crippen molar-refractivity contribution in [1.29, 1.82) is 0 Å². The first-order valence-electron chi connectivity index (χ1n) is 6.18. The van der Waals surface area contributed by atoms with E-state index in [2.05, 4.69) is 9.98 Å². The van der Waals surface area contributed by atoms with Crippen LogP contribution in [0.25, 0.3) is 0 Å². The van der Waals surface area contributed by atoms with Gasteiger partial charge in [0.05, 0.1) is 7.11 Å². The van der Waals surface area contributed by atoms with Crippen LogP contribution in [0, 0.1) is 0 Å². The lowest BCUT2D eigenvalue weighted by Crippen LogP contribution is -2.53. The highest BCUT2D eigenvalue weighted by Crippen LogP contribution is 2.21. The molecular weight excluding hydrogens is 258 g/mol. The molecule has 1 aliphatic heterocycles. The molecule has 0 unspecified atom stereocenters. The number of hydroxylamine groups is 2. The van der Waals surface area contributed by atoms with Gasteiger partial charge in [-0.15, -0.1) is 0 Å². The molecule has 0 saturated heterocycles. The fourth-order valence-electron chi connectivity index (χ4n) is 1.88. The van der Waals surface area contributed by atoms with Gasteiger partial charge in [0.25, 0.3) is 0 Å². The summed E-state index contributed by atoms with van der Waals surface area (Å²) in [5.41, 5.74) is 11.7. The molecule has 0 spiro atoms. The maximum absolute atomic E-state index is 5.82. The molecule has 0 aliphatic carbocycles. The van der Waals surface area contributed by atoms with Crippen LogP contribution >= 0.6 is 0 Å². The van der Waals surface area contributed by atoms with Crippen molar-refractivity contribution < 1.29 is 9.57 Å². The molecule has 1 heterocycles. The van der Waals surface area contributed by atoms with Gasteiger partial charge in [-0.2, -0.15) is 10.1 Å². The molecule has 1 aromatic rings. The lowest BCUT2D eigenvalue weighted by molar-refractivity contribution is -0.166. The van der Waals surface area contributed by atoms with Gasteiger partial charge in [0.15, 0.2) is 5.66 Å². The molecule has 7 heteroatoms. The van der Waals surface area contributed by atoms with E-state index < -0.39 is 5.66 Å². The van der Waals surface area contributed by atoms with Crippen LogP contribution in [0.4, 0.5) is 0 Å². The molecule has 4 N–H and O–H groups in total. The summed E-state index contributed by atoms with van der Waals surface area (Å²) in [5.74, 6) is 1.14. The molecule has 1 aromatic carbocycles. The van der Waals surface area contributed by atoms with E-state index in [9.17, 15) is 0 Å². The van der Waals surface area contributed by atoms with Gasteiger partial charge in [-0.05, 0) is 31.5 Å². The third-order valence-electron chi connectivity index (χ3n) is 2.84. The highest BCUT2D eigenvalue weighted by Gasteiger charge is 2.33. The highest BCUT2D eigenvalue weighted by molar-refractivity contribution is 5.95. The van der Waals surface area contributed by atoms with Gasteiger partial charge in [-0.1, -0.05) is 12.1 Å². The van der Waals surface area contributed by atoms with Gasteiger partial charge in [-0.25, -0.2) is 4.99 Å². The number of nitrogens with two attached hydrogens (primary N) is 2. The van der Waals surface area contributed by atoms with Crippen molar-refractivity contribution in [2.45, 2.75) is 26.1 Å². The summed E-state index contributed by atoms with van der Waals surface area (Å²) in [6.07, 6.45) is 0. The third kappa shape index (κ3) is 3.00. The van der Waals surface area contributed by atoms with Crippen LogP contribution in [0.3, 0.4) is 0 Å². The van der Waals surface area contributed by atoms with Crippen molar-refractivity contribution in [3.05, 3.63) is 29.8 Å². The molecule has 0 aromatic heterocycles. The van der Waals surface area contributed by atoms with Crippen molar-refractivity contribution in [3.8, 4) is 5.75 Å². The SMILES string of the molecule is COc1ccc(CON2C(N)=NC(N)=NC2(C)C)cc1. The summed E-state index contributed by atoms with van der Waals surface area (Å²) in [4.78, 5) is 13.8. The number of rotatable bonds is 4. The van der Waals surface area contributed by atoms with E-state index in [-0.39, 0.29) is 11.9 Å². The Labute approximate surface area is 117 Å². The molecule has 0 saturated carbocycles. The fourth-order valence-corrected chi connectivity index (χ4v) is 1.88. The third-order valence-corrected chi connectivity index (χ3v) is 2.84. The van der Waals surface area contributed by atoms with Gasteiger partial charge in [0.2, 0.25) is 11.9 Å². The van der Waals surface area contributed by atoms with Crippen LogP contribution in [0.5, 0.6) is 5.75 Å². The van der Waals surface area contributed by atoms with Gasteiger partial charge in [-0.3, -0.25) is 4.84 Å². The van der Waals surface area contributed by atoms with Crippen LogP contribution in [-0.4, -0.2) is 29.8 Å². The zero-order valence-electron chi connectivity index (χ0n) is 11.8. The predicted molar refractivity (Wildman–Crippen MR) is 76.9 cm³/mol. The number of aliphatic imine (C=N–C) groups is 2. The van der Waals surface area contributed by atoms with Gasteiger partial charge in [0.1, 0.15) is 12.4 Å². The Balaban J connectivity index is 2.04. The number of hydrogen-bond donors (Lipinski definition) is 2. The number of hydrogen-bond acceptors (Lipinski definition) is 7. The zero-order valence-corrected chi connectivity index (χ0v) is 11.8. The Kier molecular flexibility index (Phi) is 3.80. The van der Waals surface area contributed by atoms with Crippen molar-refractivity contribution in [2.24, 2.45) is 21.5 Å². The van der Waals surface area contributed by atoms with Crippen LogP contribution in [0.15, 0.2) is 34.3 Å². The lowest BCUT2D eigenvalue weighted by Gasteiger charge is -2.36. The van der Waals surface area contributed by atoms with Crippen molar-refractivity contribution in [2.75, 3.05) is 7.11 Å². The highest BCUT2D eigenvalue weighted by atomic mass is 16.7. The molecule has 0 fully saturated rings. The van der Waals surface area contributed by atoms with Crippen LogP contribution in [-0.2, 0) is 11.4 Å². The standard InChI is InChI=1S/C13H19N5O2/c1-13(2)17-11(14)16-12(15)18(13)20-8-9-4-6-10(19-3)7-5-9/h4-7H,8H2,1-3H3,(H4,14,15,16,17). The van der Waals surface area contributed by atoms with Crippen LogP contribution < -0.4 is 16.2 Å². The lowest BCUT2D eigenvalue weighted by atomic mass is 10.2. The number of ether oxygens (including phenoxy) is 1. The average molecular weight is 277 g/mol. The Morgan fingerprint density at radius 3 is 2.40 bits per heavy atom. The maximum Gasteiger partial charge on any atom is 0.226 e. The van der Waals surface area contributed by atoms with E-state index in [0.29, 0.717) is 6.61 Å². The second-order valence-electron chi connectivity index (χ2n) is 4.85. The quantitative estimate of drug-likeness (QED) is 0.848. The minimum atomic E-state index is -0.692. The van der Waals surface area contributed by atoms with E-state index in [1.165, 1.54) is 5.06 Å². The van der Waals surface area contributed by atoms with Gasteiger partial charge in [0, 0.05) is 0 Å². The summed E-state index contributed by atoms with van der Waals surface area (Å²) in [6, 6.07) is 7.57. The van der Waals surface area contributed by atoms with Crippen molar-refractivity contribution in [3.63, 3.8) is 0 Å². The van der Waals surface area contributed by atoms with Gasteiger partial charge < -0.3 is 16.2 Å². The van der Waals surface area contributed by atoms with Crippen molar-refractivity contribution in [1.82, 2.24) is 5.06 Å². The Morgan fingerprint density at radius 1 is 1.20 bits per heavy atom. The monoisotopic (exact) mass is 277 g/mol. The van der Waals surface area contributed by atoms with E-state index in [1.807, 2.05) is 38.1 Å². The summed E-state index contributed by atoms with van der Waals surface area (Å²) in [5, 5.41) is 1.45. The molecule has 2 rings (SSSR count). The minimum absolute atomic E-state index is 0.150. The number of methoxy groups -OCH3 is 1. The Morgan fingerprint density at radius 2 is 1.85 bits per heavy atom. The zero-order chi connectivity index (χ0) is 14.8. The first-order valence-corrected chi connectivity index (χ1v) is 6.18. The number of benzene rings is 1. The average Bonchev–Trinajstić information content (AvgIpc) is 2.37. The molecule has 108 valence electrons. The summed E-state index contributed by atoms with van der Waals surface area (Å²) in [6.45, 7) is 4.03. The van der Waals surface area contributed by atoms with E-state index in [4.69, 9.17) is 21.0 Å². The van der Waals surface area contributed by atoms with Crippen molar-refractivity contribution >= 4 is 11.9 Å². The fraction of sp³-hybridized carbons (Fsp3) is 0.385. The smallest absolute Gasteiger partial charge is 0.226 e. The second-order valence-corrected chi connectivity index (χ2v) is 4.85. The maximum atomic E-state index is 5.82. The summed E-state index contributed by atoms with van der Waals surface area (Å²) in [7, 11) is 1.63. The topological polar surface area (TPSA) is 98.5 Å². The Hall–Kier alpha value is -2.28. The van der Waals surface area contributed by atoms with E-state index >= 15 is 0 Å². The van der Waals surface area contributed by atoms with E-state index in [1.54, 1.807) is 7.11 Å². The second kappa shape index (κ2) is 5.38. The first kappa shape index (κ1) is 14.1. The number of guanidine groups is 2. The minimum Gasteiger partial charge on any atom is -0.497 e.